The summed E-state index contributed by atoms with van der Waals surface area (Å²) in [5.41, 5.74) is -1.37. The molecule has 1 unspecified atom stereocenters. The molecule has 31 heavy (non-hydrogen) atoms. The smallest absolute Gasteiger partial charge is 0.348 e. The number of hydrogen-bond donors (Lipinski definition) is 1. The third-order valence-electron chi connectivity index (χ3n) is 4.78. The van der Waals surface area contributed by atoms with Gasteiger partial charge in [-0.05, 0) is 37.6 Å². The van der Waals surface area contributed by atoms with E-state index in [1.165, 1.54) is 18.3 Å². The lowest BCUT2D eigenvalue weighted by molar-refractivity contribution is -0.137. The van der Waals surface area contributed by atoms with Gasteiger partial charge in [0.05, 0.1) is 28.4 Å². The fourth-order valence-electron chi connectivity index (χ4n) is 3.08. The highest BCUT2D eigenvalue weighted by Gasteiger charge is 2.36. The maximum Gasteiger partial charge on any atom is 0.417 e. The summed E-state index contributed by atoms with van der Waals surface area (Å²) in [6.07, 6.45) is -3.24. The van der Waals surface area contributed by atoms with Gasteiger partial charge in [0, 0.05) is 11.8 Å². The van der Waals surface area contributed by atoms with Crippen LogP contribution in [-0.2, 0) is 11.8 Å². The van der Waals surface area contributed by atoms with Crippen molar-refractivity contribution in [1.29, 1.82) is 0 Å². The SMILES string of the molecule is Cc1ccc(-c2cnc(C(C)(F)CNC(=O)c3ccccc3C(F)(F)F)c(Cl)c2)cc1. The van der Waals surface area contributed by atoms with Gasteiger partial charge in [0.25, 0.3) is 5.91 Å². The number of aryl methyl sites for hydroxylation is 1. The number of pyridine rings is 1. The molecule has 162 valence electrons. The number of amides is 1. The molecule has 0 bridgehead atoms. The Morgan fingerprint density at radius 1 is 1.03 bits per heavy atom. The molecule has 0 saturated carbocycles. The Morgan fingerprint density at radius 3 is 2.29 bits per heavy atom. The lowest BCUT2D eigenvalue weighted by atomic mass is 10.00. The number of nitrogens with one attached hydrogen (secondary N) is 1. The van der Waals surface area contributed by atoms with E-state index in [2.05, 4.69) is 10.3 Å². The Morgan fingerprint density at radius 2 is 1.68 bits per heavy atom. The number of nitrogens with zero attached hydrogens (tertiary/aromatic N) is 1. The second-order valence-corrected chi connectivity index (χ2v) is 7.75. The van der Waals surface area contributed by atoms with Gasteiger partial charge in [0.15, 0.2) is 5.67 Å². The highest BCUT2D eigenvalue weighted by Crippen LogP contribution is 2.34. The predicted molar refractivity (Wildman–Crippen MR) is 112 cm³/mol. The molecule has 2 aromatic carbocycles. The Balaban J connectivity index is 1.78. The molecule has 3 rings (SSSR count). The lowest BCUT2D eigenvalue weighted by Crippen LogP contribution is -2.37. The molecule has 3 aromatic rings. The fourth-order valence-corrected chi connectivity index (χ4v) is 3.44. The van der Waals surface area contributed by atoms with E-state index in [9.17, 15) is 18.0 Å². The Hall–Kier alpha value is -2.93. The van der Waals surface area contributed by atoms with Crippen LogP contribution in [0.1, 0.15) is 34.1 Å². The molecule has 0 aliphatic heterocycles. The van der Waals surface area contributed by atoms with Crippen molar-refractivity contribution in [3.8, 4) is 11.1 Å². The van der Waals surface area contributed by atoms with Crippen LogP contribution in [-0.4, -0.2) is 17.4 Å². The summed E-state index contributed by atoms with van der Waals surface area (Å²) in [6, 6.07) is 13.5. The number of carbonyl (C=O) groups excluding carboxylic acids is 1. The maximum absolute atomic E-state index is 15.3. The molecule has 0 saturated heterocycles. The predicted octanol–water partition coefficient (Wildman–Crippen LogP) is 6.34. The summed E-state index contributed by atoms with van der Waals surface area (Å²) < 4.78 is 54.7. The molecule has 1 N–H and O–H groups in total. The minimum absolute atomic E-state index is 0.0491. The van der Waals surface area contributed by atoms with Crippen LogP contribution in [0.15, 0.2) is 60.8 Å². The van der Waals surface area contributed by atoms with Crippen LogP contribution in [0.3, 0.4) is 0 Å². The van der Waals surface area contributed by atoms with E-state index in [1.54, 1.807) is 6.07 Å². The van der Waals surface area contributed by atoms with E-state index < -0.39 is 35.4 Å². The van der Waals surface area contributed by atoms with Gasteiger partial charge in [-0.3, -0.25) is 9.78 Å². The zero-order chi connectivity index (χ0) is 22.8. The van der Waals surface area contributed by atoms with Gasteiger partial charge in [-0.2, -0.15) is 13.2 Å². The van der Waals surface area contributed by atoms with E-state index >= 15 is 4.39 Å². The normalized spacial score (nSPS) is 13.5. The van der Waals surface area contributed by atoms with Crippen molar-refractivity contribution in [1.82, 2.24) is 10.3 Å². The van der Waals surface area contributed by atoms with Crippen molar-refractivity contribution in [2.45, 2.75) is 25.7 Å². The summed E-state index contributed by atoms with van der Waals surface area (Å²) in [7, 11) is 0. The largest absolute Gasteiger partial charge is 0.417 e. The number of benzene rings is 2. The van der Waals surface area contributed by atoms with E-state index in [0.717, 1.165) is 30.2 Å². The van der Waals surface area contributed by atoms with Crippen LogP contribution < -0.4 is 5.32 Å². The van der Waals surface area contributed by atoms with Crippen LogP contribution in [0.5, 0.6) is 0 Å². The molecule has 3 nitrogen and oxygen atoms in total. The van der Waals surface area contributed by atoms with Gasteiger partial charge >= 0.3 is 6.18 Å². The van der Waals surface area contributed by atoms with Crippen molar-refractivity contribution in [2.75, 3.05) is 6.54 Å². The van der Waals surface area contributed by atoms with Gasteiger partial charge in [0.2, 0.25) is 0 Å². The zero-order valence-electron chi connectivity index (χ0n) is 16.7. The van der Waals surface area contributed by atoms with E-state index in [0.29, 0.717) is 5.56 Å². The van der Waals surface area contributed by atoms with Crippen LogP contribution >= 0.6 is 11.6 Å². The first-order valence-electron chi connectivity index (χ1n) is 9.35. The summed E-state index contributed by atoms with van der Waals surface area (Å²) in [6.45, 7) is 2.51. The molecule has 1 amide bonds. The molecule has 1 atom stereocenters. The standard InChI is InChI=1S/C23H19ClF4N2O/c1-14-7-9-15(10-8-14)16-11-19(24)20(29-12-16)22(2,25)13-30-21(31)17-5-3-4-6-18(17)23(26,27)28/h3-12H,13H2,1-2H3,(H,30,31). The van der Waals surface area contributed by atoms with Crippen LogP contribution in [0, 0.1) is 6.92 Å². The first-order valence-corrected chi connectivity index (χ1v) is 9.73. The number of aromatic nitrogens is 1. The molecule has 0 spiro atoms. The average Bonchev–Trinajstić information content (AvgIpc) is 2.71. The molecular formula is C23H19ClF4N2O. The third kappa shape index (κ3) is 5.22. The molecule has 0 fully saturated rings. The number of alkyl halides is 4. The van der Waals surface area contributed by atoms with Gasteiger partial charge in [-0.25, -0.2) is 4.39 Å². The molecule has 8 heteroatoms. The summed E-state index contributed by atoms with van der Waals surface area (Å²) >= 11 is 6.25. The second-order valence-electron chi connectivity index (χ2n) is 7.34. The van der Waals surface area contributed by atoms with Crippen LogP contribution in [0.25, 0.3) is 11.1 Å². The minimum atomic E-state index is -4.70. The number of halogens is 5. The van der Waals surface area contributed by atoms with Gasteiger partial charge in [-0.1, -0.05) is 53.6 Å². The zero-order valence-corrected chi connectivity index (χ0v) is 17.5. The highest BCUT2D eigenvalue weighted by molar-refractivity contribution is 6.31. The van der Waals surface area contributed by atoms with Crippen LogP contribution in [0.4, 0.5) is 17.6 Å². The molecule has 0 radical (unpaired) electrons. The Kier molecular flexibility index (Phi) is 6.36. The van der Waals surface area contributed by atoms with Crippen molar-refractivity contribution in [3.63, 3.8) is 0 Å². The van der Waals surface area contributed by atoms with Gasteiger partial charge in [-0.15, -0.1) is 0 Å². The Bertz CT molecular complexity index is 1100. The first kappa shape index (κ1) is 22.7. The number of carbonyl (C=O) groups is 1. The molecule has 0 aliphatic carbocycles. The molecule has 0 aliphatic rings. The van der Waals surface area contributed by atoms with E-state index in [-0.39, 0.29) is 10.7 Å². The summed E-state index contributed by atoms with van der Waals surface area (Å²) in [5, 5.41) is 2.27. The van der Waals surface area contributed by atoms with Crippen LogP contribution in [0.2, 0.25) is 5.02 Å². The minimum Gasteiger partial charge on any atom is -0.348 e. The van der Waals surface area contributed by atoms with Crippen molar-refractivity contribution in [2.24, 2.45) is 0 Å². The van der Waals surface area contributed by atoms with Crippen molar-refractivity contribution in [3.05, 3.63) is 88.2 Å². The summed E-state index contributed by atoms with van der Waals surface area (Å²) in [4.78, 5) is 16.4. The monoisotopic (exact) mass is 450 g/mol. The first-order chi connectivity index (χ1) is 14.5. The molecule has 1 aromatic heterocycles. The topological polar surface area (TPSA) is 42.0 Å². The third-order valence-corrected chi connectivity index (χ3v) is 5.07. The second kappa shape index (κ2) is 8.67. The highest BCUT2D eigenvalue weighted by atomic mass is 35.5. The number of rotatable bonds is 5. The van der Waals surface area contributed by atoms with E-state index in [1.807, 2.05) is 31.2 Å². The lowest BCUT2D eigenvalue weighted by Gasteiger charge is -2.22. The van der Waals surface area contributed by atoms with Crippen molar-refractivity contribution >= 4 is 17.5 Å². The van der Waals surface area contributed by atoms with Gasteiger partial charge < -0.3 is 5.32 Å². The van der Waals surface area contributed by atoms with Crippen molar-refractivity contribution < 1.29 is 22.4 Å². The van der Waals surface area contributed by atoms with Gasteiger partial charge in [0.1, 0.15) is 0 Å². The van der Waals surface area contributed by atoms with E-state index in [4.69, 9.17) is 11.6 Å². The maximum atomic E-state index is 15.3. The number of hydrogen-bond acceptors (Lipinski definition) is 2. The average molecular weight is 451 g/mol. The summed E-state index contributed by atoms with van der Waals surface area (Å²) in [5.74, 6) is -1.04. The Labute approximate surface area is 182 Å². The fraction of sp³-hybridized carbons (Fsp3) is 0.217. The molecule has 1 heterocycles. The quantitative estimate of drug-likeness (QED) is 0.460. The molecular weight excluding hydrogens is 432 g/mol.